The monoisotopic (exact) mass is 436 g/mol. The molecule has 0 fully saturated rings. The highest BCUT2D eigenvalue weighted by Gasteiger charge is 2.09. The largest absolute Gasteiger partial charge is 0.334 e. The smallest absolute Gasteiger partial charge is 0.319 e. The average Bonchev–Trinajstić information content (AvgIpc) is 3.23. The number of anilines is 1. The Morgan fingerprint density at radius 3 is 2.43 bits per heavy atom. The van der Waals surface area contributed by atoms with Gasteiger partial charge in [-0.2, -0.15) is 5.10 Å². The zero-order valence-corrected chi connectivity index (χ0v) is 17.4. The second-order valence-corrected chi connectivity index (χ2v) is 7.45. The van der Waals surface area contributed by atoms with Crippen molar-refractivity contribution in [1.82, 2.24) is 15.1 Å². The molecule has 150 valence electrons. The lowest BCUT2D eigenvalue weighted by atomic mass is 10.1. The molecular formula is C23H18Cl2N4O. The van der Waals surface area contributed by atoms with Gasteiger partial charge in [0, 0.05) is 29.0 Å². The van der Waals surface area contributed by atoms with Crippen molar-refractivity contribution < 1.29 is 4.79 Å². The third-order valence-electron chi connectivity index (χ3n) is 4.48. The maximum atomic E-state index is 12.1. The Morgan fingerprint density at radius 2 is 1.70 bits per heavy atom. The molecule has 0 radical (unpaired) electrons. The van der Waals surface area contributed by atoms with Crippen molar-refractivity contribution >= 4 is 34.9 Å². The van der Waals surface area contributed by atoms with Gasteiger partial charge in [-0.3, -0.25) is 0 Å². The molecule has 5 nitrogen and oxygen atoms in total. The number of carbonyl (C=O) groups is 1. The Morgan fingerprint density at radius 1 is 0.933 bits per heavy atom. The van der Waals surface area contributed by atoms with E-state index in [0.29, 0.717) is 22.3 Å². The van der Waals surface area contributed by atoms with E-state index in [-0.39, 0.29) is 6.03 Å². The number of hydrogen-bond acceptors (Lipinski definition) is 2. The van der Waals surface area contributed by atoms with E-state index in [0.717, 1.165) is 22.5 Å². The Labute approximate surface area is 184 Å². The first-order valence-corrected chi connectivity index (χ1v) is 10.0. The molecule has 0 aliphatic rings. The molecule has 0 spiro atoms. The summed E-state index contributed by atoms with van der Waals surface area (Å²) in [7, 11) is 0. The Bertz CT molecular complexity index is 1160. The second kappa shape index (κ2) is 9.03. The predicted molar refractivity (Wildman–Crippen MR) is 121 cm³/mol. The number of halogens is 2. The first kappa shape index (κ1) is 20.0. The number of amides is 2. The van der Waals surface area contributed by atoms with E-state index >= 15 is 0 Å². The number of aromatic nitrogens is 2. The lowest BCUT2D eigenvalue weighted by Crippen LogP contribution is -2.28. The first-order valence-electron chi connectivity index (χ1n) is 9.29. The fraction of sp³-hybridized carbons (Fsp3) is 0.0435. The molecule has 7 heteroatoms. The van der Waals surface area contributed by atoms with E-state index < -0.39 is 0 Å². The van der Waals surface area contributed by atoms with Gasteiger partial charge < -0.3 is 10.6 Å². The van der Waals surface area contributed by atoms with Crippen LogP contribution in [0.3, 0.4) is 0 Å². The van der Waals surface area contributed by atoms with Crippen LogP contribution in [0.2, 0.25) is 10.0 Å². The lowest BCUT2D eigenvalue weighted by molar-refractivity contribution is 0.251. The van der Waals surface area contributed by atoms with Crippen molar-refractivity contribution in [3.05, 3.63) is 101 Å². The maximum Gasteiger partial charge on any atom is 0.319 e. The summed E-state index contributed by atoms with van der Waals surface area (Å²) in [6.07, 6.45) is 1.86. The highest BCUT2D eigenvalue weighted by Crippen LogP contribution is 2.29. The van der Waals surface area contributed by atoms with E-state index in [1.54, 1.807) is 16.8 Å². The third kappa shape index (κ3) is 4.82. The van der Waals surface area contributed by atoms with E-state index in [1.165, 1.54) is 0 Å². The molecule has 2 N–H and O–H groups in total. The summed E-state index contributed by atoms with van der Waals surface area (Å²) in [6, 6.07) is 24.1. The van der Waals surface area contributed by atoms with Gasteiger partial charge in [-0.1, -0.05) is 53.5 Å². The Hall–Kier alpha value is -3.28. The number of carbonyl (C=O) groups excluding carboxylic acids is 1. The molecule has 2 amide bonds. The summed E-state index contributed by atoms with van der Waals surface area (Å²) in [6.45, 7) is 0.466. The molecule has 3 aromatic carbocycles. The zero-order valence-electron chi connectivity index (χ0n) is 15.8. The molecule has 30 heavy (non-hydrogen) atoms. The SMILES string of the molecule is O=C(NCc1ccccc1)Nc1ccc(-n2ccc(-c3ccc(Cl)cc3Cl)n2)cc1. The number of nitrogens with one attached hydrogen (secondary N) is 2. The van der Waals surface area contributed by atoms with Gasteiger partial charge in [0.1, 0.15) is 0 Å². The number of hydrogen-bond donors (Lipinski definition) is 2. The lowest BCUT2D eigenvalue weighted by Gasteiger charge is -2.09. The highest BCUT2D eigenvalue weighted by molar-refractivity contribution is 6.36. The van der Waals surface area contributed by atoms with Crippen molar-refractivity contribution in [1.29, 1.82) is 0 Å². The minimum absolute atomic E-state index is 0.259. The van der Waals surface area contributed by atoms with Gasteiger partial charge in [-0.15, -0.1) is 0 Å². The van der Waals surface area contributed by atoms with Crippen LogP contribution >= 0.6 is 23.2 Å². The molecule has 1 aromatic heterocycles. The van der Waals surface area contributed by atoms with Gasteiger partial charge in [-0.05, 0) is 54.1 Å². The van der Waals surface area contributed by atoms with Crippen molar-refractivity contribution in [3.8, 4) is 16.9 Å². The topological polar surface area (TPSA) is 59.0 Å². The molecule has 4 rings (SSSR count). The van der Waals surface area contributed by atoms with Gasteiger partial charge in [0.25, 0.3) is 0 Å². The summed E-state index contributed by atoms with van der Waals surface area (Å²) in [4.78, 5) is 12.1. The number of rotatable bonds is 5. The van der Waals surface area contributed by atoms with Crippen LogP contribution in [-0.2, 0) is 6.54 Å². The summed E-state index contributed by atoms with van der Waals surface area (Å²) < 4.78 is 1.75. The molecule has 4 aromatic rings. The minimum Gasteiger partial charge on any atom is -0.334 e. The van der Waals surface area contributed by atoms with E-state index in [2.05, 4.69) is 15.7 Å². The van der Waals surface area contributed by atoms with Gasteiger partial charge in [0.05, 0.1) is 16.4 Å². The summed E-state index contributed by atoms with van der Waals surface area (Å²) >= 11 is 12.2. The molecule has 0 saturated carbocycles. The predicted octanol–water partition coefficient (Wildman–Crippen LogP) is 6.17. The standard InChI is InChI=1S/C23H18Cl2N4O/c24-17-6-11-20(21(25)14-17)22-12-13-29(28-22)19-9-7-18(8-10-19)27-23(30)26-15-16-4-2-1-3-5-16/h1-14H,15H2,(H2,26,27,30). The van der Waals surface area contributed by atoms with Crippen molar-refractivity contribution in [3.63, 3.8) is 0 Å². The summed E-state index contributed by atoms with van der Waals surface area (Å²) in [5.74, 6) is 0. The molecule has 0 aliphatic carbocycles. The second-order valence-electron chi connectivity index (χ2n) is 6.61. The molecule has 0 saturated heterocycles. The van der Waals surface area contributed by atoms with E-state index in [9.17, 15) is 4.79 Å². The van der Waals surface area contributed by atoms with Crippen molar-refractivity contribution in [2.75, 3.05) is 5.32 Å². The van der Waals surface area contributed by atoms with Crippen LogP contribution in [0.15, 0.2) is 85.1 Å². The molecule has 0 unspecified atom stereocenters. The van der Waals surface area contributed by atoms with Crippen LogP contribution in [0, 0.1) is 0 Å². The average molecular weight is 437 g/mol. The summed E-state index contributed by atoms with van der Waals surface area (Å²) in [5, 5.41) is 11.4. The van der Waals surface area contributed by atoms with Crippen LogP contribution in [0.5, 0.6) is 0 Å². The molecule has 1 heterocycles. The molecule has 0 bridgehead atoms. The highest BCUT2D eigenvalue weighted by atomic mass is 35.5. The van der Waals surface area contributed by atoms with Crippen LogP contribution in [-0.4, -0.2) is 15.8 Å². The first-order chi connectivity index (χ1) is 14.6. The number of benzene rings is 3. The number of nitrogens with zero attached hydrogens (tertiary/aromatic N) is 2. The molecule has 0 aliphatic heterocycles. The van der Waals surface area contributed by atoms with Crippen LogP contribution < -0.4 is 10.6 Å². The molecular weight excluding hydrogens is 419 g/mol. The zero-order chi connectivity index (χ0) is 20.9. The van der Waals surface area contributed by atoms with Crippen molar-refractivity contribution in [2.24, 2.45) is 0 Å². The van der Waals surface area contributed by atoms with Crippen LogP contribution in [0.1, 0.15) is 5.56 Å². The van der Waals surface area contributed by atoms with Crippen LogP contribution in [0.25, 0.3) is 16.9 Å². The Kier molecular flexibility index (Phi) is 6.02. The maximum absolute atomic E-state index is 12.1. The molecule has 0 atom stereocenters. The van der Waals surface area contributed by atoms with Gasteiger partial charge in [0.2, 0.25) is 0 Å². The quantitative estimate of drug-likeness (QED) is 0.393. The fourth-order valence-corrected chi connectivity index (χ4v) is 3.46. The fourth-order valence-electron chi connectivity index (χ4n) is 2.96. The van der Waals surface area contributed by atoms with Gasteiger partial charge >= 0.3 is 6.03 Å². The third-order valence-corrected chi connectivity index (χ3v) is 5.03. The summed E-state index contributed by atoms with van der Waals surface area (Å²) in [5.41, 5.74) is 4.16. The van der Waals surface area contributed by atoms with E-state index in [1.807, 2.05) is 72.9 Å². The van der Waals surface area contributed by atoms with Gasteiger partial charge in [-0.25, -0.2) is 9.48 Å². The van der Waals surface area contributed by atoms with Crippen molar-refractivity contribution in [2.45, 2.75) is 6.54 Å². The van der Waals surface area contributed by atoms with E-state index in [4.69, 9.17) is 23.2 Å². The van der Waals surface area contributed by atoms with Gasteiger partial charge in [0.15, 0.2) is 0 Å². The normalized spacial score (nSPS) is 10.6. The Balaban J connectivity index is 1.40. The number of urea groups is 1. The van der Waals surface area contributed by atoms with Crippen LogP contribution in [0.4, 0.5) is 10.5 Å². The minimum atomic E-state index is -0.259.